The Balaban J connectivity index is 0.00000205. The van der Waals surface area contributed by atoms with Gasteiger partial charge in [-0.15, -0.1) is 0 Å². The van der Waals surface area contributed by atoms with Crippen LogP contribution in [0.15, 0.2) is 46.2 Å². The van der Waals surface area contributed by atoms with Crippen LogP contribution in [0.2, 0.25) is 0 Å². The van der Waals surface area contributed by atoms with E-state index in [1.54, 1.807) is 0 Å². The molecule has 0 unspecified atom stereocenters. The van der Waals surface area contributed by atoms with Gasteiger partial charge in [0.05, 0.1) is 9.79 Å². The number of quaternary nitrogens is 1. The van der Waals surface area contributed by atoms with Gasteiger partial charge < -0.3 is 23.0 Å². The second-order valence-corrected chi connectivity index (χ2v) is 9.79. The Labute approximate surface area is 185 Å². The topological polar surface area (TPSA) is 40.7 Å². The van der Waals surface area contributed by atoms with Crippen LogP contribution >= 0.6 is 11.8 Å². The smallest absolute Gasteiger partial charge is 0.148 e. The van der Waals surface area contributed by atoms with Gasteiger partial charge in [0, 0.05) is 35.6 Å². The molecule has 1 aliphatic heterocycles. The Kier molecular flexibility index (Phi) is 6.94. The molecule has 29 heavy (non-hydrogen) atoms. The Morgan fingerprint density at radius 1 is 0.655 bits per heavy atom. The van der Waals surface area contributed by atoms with Crippen molar-refractivity contribution in [2.24, 2.45) is 0 Å². The minimum Gasteiger partial charge on any atom is -1.00 e. The summed E-state index contributed by atoms with van der Waals surface area (Å²) in [6.45, 7) is 0. The number of rotatable bonds is 4. The number of fused-ring (bicyclic) bond motifs is 2. The lowest BCUT2D eigenvalue weighted by atomic mass is 9.95. The van der Waals surface area contributed by atoms with E-state index in [4.69, 9.17) is 0 Å². The number of hydrogen-bond donors (Lipinski definition) is 3. The molecule has 0 saturated heterocycles. The second kappa shape index (κ2) is 9.63. The Hall–Kier alpha value is -1.36. The molecular formula is C24H32ClN3S. The summed E-state index contributed by atoms with van der Waals surface area (Å²) in [4.78, 5) is 2.76. The first-order valence-electron chi connectivity index (χ1n) is 11.2. The summed E-state index contributed by atoms with van der Waals surface area (Å²) >= 11 is 1.92. The SMILES string of the molecule is [Cl-].c1cc2c(cc1NC1CCCCC1)Sc1cc(NC3CCCCC3)ccc1[NH2+]2. The molecule has 5 rings (SSSR count). The summed E-state index contributed by atoms with van der Waals surface area (Å²) < 4.78 is 0. The molecule has 4 N–H and O–H groups in total. The maximum atomic E-state index is 3.78. The van der Waals surface area contributed by atoms with Gasteiger partial charge in [0.15, 0.2) is 0 Å². The van der Waals surface area contributed by atoms with Crippen LogP contribution in [-0.4, -0.2) is 12.1 Å². The van der Waals surface area contributed by atoms with E-state index in [2.05, 4.69) is 52.3 Å². The molecule has 0 atom stereocenters. The van der Waals surface area contributed by atoms with Gasteiger partial charge in [0.2, 0.25) is 0 Å². The normalized spacial score (nSPS) is 19.6. The summed E-state index contributed by atoms with van der Waals surface area (Å²) in [6.07, 6.45) is 13.5. The zero-order chi connectivity index (χ0) is 18.8. The predicted molar refractivity (Wildman–Crippen MR) is 119 cm³/mol. The van der Waals surface area contributed by atoms with E-state index in [-0.39, 0.29) is 12.4 Å². The number of halogens is 1. The molecule has 0 spiro atoms. The van der Waals surface area contributed by atoms with Crippen LogP contribution in [-0.2, 0) is 0 Å². The van der Waals surface area contributed by atoms with E-state index in [0.717, 1.165) is 0 Å². The molecule has 2 aromatic rings. The fourth-order valence-corrected chi connectivity index (χ4v) is 6.01. The first kappa shape index (κ1) is 20.9. The van der Waals surface area contributed by atoms with E-state index in [0.29, 0.717) is 12.1 Å². The molecule has 2 saturated carbocycles. The van der Waals surface area contributed by atoms with Crippen molar-refractivity contribution >= 4 is 34.5 Å². The molecule has 0 radical (unpaired) electrons. The van der Waals surface area contributed by atoms with Gasteiger partial charge in [-0.1, -0.05) is 50.3 Å². The van der Waals surface area contributed by atoms with Crippen LogP contribution in [0.1, 0.15) is 64.2 Å². The summed E-state index contributed by atoms with van der Waals surface area (Å²) in [5.74, 6) is 0. The fourth-order valence-electron chi connectivity index (χ4n) is 4.91. The van der Waals surface area contributed by atoms with Crippen molar-refractivity contribution in [1.29, 1.82) is 0 Å². The van der Waals surface area contributed by atoms with Crippen LogP contribution < -0.4 is 28.4 Å². The minimum absolute atomic E-state index is 0. The van der Waals surface area contributed by atoms with E-state index in [9.17, 15) is 0 Å². The lowest BCUT2D eigenvalue weighted by molar-refractivity contribution is -0.485. The van der Waals surface area contributed by atoms with Gasteiger partial charge in [0.25, 0.3) is 0 Å². The molecule has 156 valence electrons. The standard InChI is InChI=1S/C24H31N3S.ClH/c1-3-7-17(8-4-1)25-19-11-13-21-23(15-19)28-24-16-20(12-14-22(24)27-21)26-18-9-5-2-6-10-18;/h11-18,25-27H,1-10H2;1H. The molecule has 5 heteroatoms. The van der Waals surface area contributed by atoms with Crippen molar-refractivity contribution in [3.05, 3.63) is 36.4 Å². The third-order valence-corrected chi connectivity index (χ3v) is 7.66. The van der Waals surface area contributed by atoms with E-state index >= 15 is 0 Å². The minimum atomic E-state index is 0. The number of hydrogen-bond acceptors (Lipinski definition) is 3. The monoisotopic (exact) mass is 429 g/mol. The van der Waals surface area contributed by atoms with Crippen LogP contribution in [0.4, 0.5) is 22.7 Å². The maximum absolute atomic E-state index is 3.78. The lowest BCUT2D eigenvalue weighted by Gasteiger charge is -2.25. The summed E-state index contributed by atoms with van der Waals surface area (Å²) in [7, 11) is 0. The molecule has 1 heterocycles. The molecule has 2 aromatic carbocycles. The van der Waals surface area contributed by atoms with E-state index in [1.807, 2.05) is 11.8 Å². The van der Waals surface area contributed by atoms with Gasteiger partial charge in [-0.25, -0.2) is 0 Å². The molecule has 3 nitrogen and oxygen atoms in total. The highest BCUT2D eigenvalue weighted by Gasteiger charge is 2.22. The quantitative estimate of drug-likeness (QED) is 0.558. The van der Waals surface area contributed by atoms with Crippen LogP contribution in [0, 0.1) is 0 Å². The highest BCUT2D eigenvalue weighted by atomic mass is 35.5. The van der Waals surface area contributed by atoms with Crippen molar-refractivity contribution in [3.63, 3.8) is 0 Å². The lowest BCUT2D eigenvalue weighted by Crippen LogP contribution is -3.00. The molecule has 0 aromatic heterocycles. The Morgan fingerprint density at radius 3 is 1.55 bits per heavy atom. The van der Waals surface area contributed by atoms with Gasteiger partial charge in [0.1, 0.15) is 11.4 Å². The van der Waals surface area contributed by atoms with Crippen LogP contribution in [0.3, 0.4) is 0 Å². The molecule has 2 fully saturated rings. The molecular weight excluding hydrogens is 398 g/mol. The van der Waals surface area contributed by atoms with Crippen molar-refractivity contribution in [3.8, 4) is 0 Å². The number of anilines is 2. The first-order chi connectivity index (χ1) is 13.8. The Bertz CT molecular complexity index is 761. The predicted octanol–water partition coefficient (Wildman–Crippen LogP) is 3.17. The summed E-state index contributed by atoms with van der Waals surface area (Å²) in [6, 6.07) is 15.1. The zero-order valence-electron chi connectivity index (χ0n) is 17.1. The summed E-state index contributed by atoms with van der Waals surface area (Å²) in [5, 5.41) is 9.91. The first-order valence-corrected chi connectivity index (χ1v) is 12.0. The van der Waals surface area contributed by atoms with Crippen LogP contribution in [0.25, 0.3) is 0 Å². The third kappa shape index (κ3) is 5.04. The van der Waals surface area contributed by atoms with Gasteiger partial charge in [-0.2, -0.15) is 0 Å². The average Bonchev–Trinajstić information content (AvgIpc) is 2.74. The third-order valence-electron chi connectivity index (χ3n) is 6.51. The molecule has 2 aliphatic carbocycles. The number of nitrogens with one attached hydrogen (secondary N) is 2. The summed E-state index contributed by atoms with van der Waals surface area (Å²) in [5.41, 5.74) is 5.26. The molecule has 0 bridgehead atoms. The second-order valence-electron chi connectivity index (χ2n) is 8.71. The van der Waals surface area contributed by atoms with Gasteiger partial charge in [-0.3, -0.25) is 5.32 Å². The largest absolute Gasteiger partial charge is 1.00 e. The van der Waals surface area contributed by atoms with Gasteiger partial charge >= 0.3 is 0 Å². The van der Waals surface area contributed by atoms with Gasteiger partial charge in [-0.05, 0) is 49.9 Å². The van der Waals surface area contributed by atoms with Crippen molar-refractivity contribution < 1.29 is 17.7 Å². The average molecular weight is 430 g/mol. The molecule has 3 aliphatic rings. The molecule has 0 amide bonds. The fraction of sp³-hybridized carbons (Fsp3) is 0.500. The van der Waals surface area contributed by atoms with Crippen molar-refractivity contribution in [2.45, 2.75) is 86.1 Å². The Morgan fingerprint density at radius 2 is 1.10 bits per heavy atom. The highest BCUT2D eigenvalue weighted by molar-refractivity contribution is 7.99. The number of benzene rings is 2. The van der Waals surface area contributed by atoms with E-state index < -0.39 is 0 Å². The van der Waals surface area contributed by atoms with Crippen LogP contribution in [0.5, 0.6) is 0 Å². The zero-order valence-corrected chi connectivity index (χ0v) is 18.6. The number of nitrogens with two attached hydrogens (primary N) is 1. The highest BCUT2D eigenvalue weighted by Crippen LogP contribution is 2.41. The van der Waals surface area contributed by atoms with Crippen molar-refractivity contribution in [1.82, 2.24) is 0 Å². The van der Waals surface area contributed by atoms with E-state index in [1.165, 1.54) is 96.7 Å². The van der Waals surface area contributed by atoms with Crippen molar-refractivity contribution in [2.75, 3.05) is 10.6 Å². The maximum Gasteiger partial charge on any atom is 0.148 e.